The molecule has 2 rings (SSSR count). The molecule has 0 atom stereocenters. The number of rotatable bonds is 6. The van der Waals surface area contributed by atoms with Crippen LogP contribution in [0.25, 0.3) is 0 Å². The molecule has 2 fully saturated rings. The number of ether oxygens (including phenoxy) is 1. The van der Waals surface area contributed by atoms with Gasteiger partial charge in [-0.05, 0) is 43.8 Å². The molecule has 4 heteroatoms. The van der Waals surface area contributed by atoms with Crippen LogP contribution in [0.4, 0.5) is 0 Å². The van der Waals surface area contributed by atoms with Crippen molar-refractivity contribution in [2.75, 3.05) is 19.8 Å². The fourth-order valence-electron chi connectivity index (χ4n) is 2.25. The minimum absolute atomic E-state index is 0.594. The van der Waals surface area contributed by atoms with E-state index < -0.39 is 0 Å². The molecule has 3 nitrogen and oxygen atoms in total. The first-order valence-corrected chi connectivity index (χ1v) is 7.37. The molecule has 0 aromatic carbocycles. The van der Waals surface area contributed by atoms with Crippen LogP contribution in [0.3, 0.4) is 0 Å². The maximum Gasteiger partial charge on any atom is 0.166 e. The lowest BCUT2D eigenvalue weighted by Crippen LogP contribution is -2.43. The molecule has 0 amide bonds. The van der Waals surface area contributed by atoms with E-state index in [1.54, 1.807) is 0 Å². The molecule has 2 aliphatic rings. The second kappa shape index (κ2) is 7.17. The summed E-state index contributed by atoms with van der Waals surface area (Å²) >= 11 is 5.27. The van der Waals surface area contributed by atoms with E-state index in [9.17, 15) is 0 Å². The summed E-state index contributed by atoms with van der Waals surface area (Å²) in [6.45, 7) is 2.53. The van der Waals surface area contributed by atoms with E-state index in [0.29, 0.717) is 6.04 Å². The molecule has 2 aliphatic carbocycles. The minimum Gasteiger partial charge on any atom is -0.379 e. The van der Waals surface area contributed by atoms with E-state index in [-0.39, 0.29) is 0 Å². The Balaban J connectivity index is 1.44. The molecule has 0 spiro atoms. The number of hydrogen-bond donors (Lipinski definition) is 2. The van der Waals surface area contributed by atoms with E-state index in [1.165, 1.54) is 44.9 Å². The molecule has 2 saturated carbocycles. The van der Waals surface area contributed by atoms with Crippen LogP contribution in [0.1, 0.15) is 44.9 Å². The van der Waals surface area contributed by atoms with Crippen molar-refractivity contribution < 1.29 is 4.74 Å². The third kappa shape index (κ3) is 5.68. The Morgan fingerprint density at radius 1 is 1.12 bits per heavy atom. The highest BCUT2D eigenvalue weighted by Gasteiger charge is 2.20. The Morgan fingerprint density at radius 3 is 2.59 bits per heavy atom. The van der Waals surface area contributed by atoms with Gasteiger partial charge in [0.05, 0.1) is 6.61 Å². The largest absolute Gasteiger partial charge is 0.379 e. The summed E-state index contributed by atoms with van der Waals surface area (Å²) in [5, 5.41) is 7.41. The van der Waals surface area contributed by atoms with Crippen LogP contribution in [0.15, 0.2) is 0 Å². The summed E-state index contributed by atoms with van der Waals surface area (Å²) in [6, 6.07) is 0.594. The van der Waals surface area contributed by atoms with Crippen molar-refractivity contribution in [1.82, 2.24) is 10.6 Å². The Morgan fingerprint density at radius 2 is 1.88 bits per heavy atom. The van der Waals surface area contributed by atoms with Crippen molar-refractivity contribution >= 4 is 17.3 Å². The standard InChI is InChI=1S/C13H24N2OS/c17-13(15-12-4-2-1-3-5-12)14-8-9-16-10-11-6-7-11/h11-12H,1-10H2,(H2,14,15,17). The van der Waals surface area contributed by atoms with E-state index >= 15 is 0 Å². The molecule has 2 N–H and O–H groups in total. The maximum atomic E-state index is 5.55. The van der Waals surface area contributed by atoms with Crippen LogP contribution in [0.2, 0.25) is 0 Å². The van der Waals surface area contributed by atoms with Gasteiger partial charge >= 0.3 is 0 Å². The first-order valence-electron chi connectivity index (χ1n) is 6.96. The molecular formula is C13H24N2OS. The zero-order chi connectivity index (χ0) is 11.9. The van der Waals surface area contributed by atoms with Gasteiger partial charge in [0, 0.05) is 19.2 Å². The monoisotopic (exact) mass is 256 g/mol. The summed E-state index contributed by atoms with van der Waals surface area (Å²) in [5.41, 5.74) is 0. The second-order valence-corrected chi connectivity index (χ2v) is 5.66. The topological polar surface area (TPSA) is 33.3 Å². The van der Waals surface area contributed by atoms with Crippen molar-refractivity contribution in [1.29, 1.82) is 0 Å². The zero-order valence-corrected chi connectivity index (χ0v) is 11.4. The van der Waals surface area contributed by atoms with Crippen molar-refractivity contribution in [3.63, 3.8) is 0 Å². The highest BCUT2D eigenvalue weighted by Crippen LogP contribution is 2.28. The summed E-state index contributed by atoms with van der Waals surface area (Å²) in [5.74, 6) is 0.849. The lowest BCUT2D eigenvalue weighted by atomic mass is 9.96. The fraction of sp³-hybridized carbons (Fsp3) is 0.923. The Hall–Kier alpha value is -0.350. The normalized spacial score (nSPS) is 21.2. The Bertz CT molecular complexity index is 238. The first-order chi connectivity index (χ1) is 8.34. The van der Waals surface area contributed by atoms with Crippen molar-refractivity contribution in [3.8, 4) is 0 Å². The molecule has 0 aromatic rings. The van der Waals surface area contributed by atoms with Gasteiger partial charge in [-0.15, -0.1) is 0 Å². The van der Waals surface area contributed by atoms with Gasteiger partial charge in [0.15, 0.2) is 5.11 Å². The molecule has 0 heterocycles. The number of hydrogen-bond acceptors (Lipinski definition) is 2. The number of thiocarbonyl (C=S) groups is 1. The molecule has 0 bridgehead atoms. The van der Waals surface area contributed by atoms with Crippen LogP contribution in [0.5, 0.6) is 0 Å². The van der Waals surface area contributed by atoms with Gasteiger partial charge in [0.25, 0.3) is 0 Å². The average molecular weight is 256 g/mol. The summed E-state index contributed by atoms with van der Waals surface area (Å²) < 4.78 is 5.55. The summed E-state index contributed by atoms with van der Waals surface area (Å²) in [7, 11) is 0. The highest BCUT2D eigenvalue weighted by atomic mass is 32.1. The van der Waals surface area contributed by atoms with Crippen LogP contribution in [-0.4, -0.2) is 30.9 Å². The van der Waals surface area contributed by atoms with Crippen LogP contribution in [0, 0.1) is 5.92 Å². The van der Waals surface area contributed by atoms with Gasteiger partial charge in [0.2, 0.25) is 0 Å². The zero-order valence-electron chi connectivity index (χ0n) is 10.5. The van der Waals surface area contributed by atoms with E-state index in [4.69, 9.17) is 17.0 Å². The van der Waals surface area contributed by atoms with Gasteiger partial charge < -0.3 is 15.4 Å². The SMILES string of the molecule is S=C(NCCOCC1CC1)NC1CCCCC1. The molecule has 17 heavy (non-hydrogen) atoms. The fourth-order valence-corrected chi connectivity index (χ4v) is 2.52. The van der Waals surface area contributed by atoms with Crippen molar-refractivity contribution in [2.24, 2.45) is 5.92 Å². The van der Waals surface area contributed by atoms with Crippen LogP contribution >= 0.6 is 12.2 Å². The van der Waals surface area contributed by atoms with E-state index in [2.05, 4.69) is 10.6 Å². The van der Waals surface area contributed by atoms with Crippen LogP contribution < -0.4 is 10.6 Å². The molecule has 0 saturated heterocycles. The van der Waals surface area contributed by atoms with Gasteiger partial charge in [-0.1, -0.05) is 19.3 Å². The summed E-state index contributed by atoms with van der Waals surface area (Å²) in [6.07, 6.45) is 9.30. The third-order valence-electron chi connectivity index (χ3n) is 3.52. The second-order valence-electron chi connectivity index (χ2n) is 5.25. The van der Waals surface area contributed by atoms with Gasteiger partial charge in [-0.3, -0.25) is 0 Å². The molecular weight excluding hydrogens is 232 g/mol. The highest BCUT2D eigenvalue weighted by molar-refractivity contribution is 7.80. The predicted octanol–water partition coefficient (Wildman–Crippen LogP) is 2.21. The van der Waals surface area contributed by atoms with Crippen LogP contribution in [-0.2, 0) is 4.74 Å². The molecule has 0 aromatic heterocycles. The van der Waals surface area contributed by atoms with E-state index in [0.717, 1.165) is 30.8 Å². The molecule has 0 aliphatic heterocycles. The Kier molecular flexibility index (Phi) is 5.52. The first kappa shape index (κ1) is 13.1. The van der Waals surface area contributed by atoms with Gasteiger partial charge in [-0.25, -0.2) is 0 Å². The molecule has 98 valence electrons. The molecule has 0 unspecified atom stereocenters. The predicted molar refractivity (Wildman–Crippen MR) is 74.2 cm³/mol. The lowest BCUT2D eigenvalue weighted by Gasteiger charge is -2.24. The molecule has 0 radical (unpaired) electrons. The van der Waals surface area contributed by atoms with Crippen molar-refractivity contribution in [3.05, 3.63) is 0 Å². The smallest absolute Gasteiger partial charge is 0.166 e. The number of nitrogens with one attached hydrogen (secondary N) is 2. The summed E-state index contributed by atoms with van der Waals surface area (Å²) in [4.78, 5) is 0. The third-order valence-corrected chi connectivity index (χ3v) is 3.79. The van der Waals surface area contributed by atoms with Gasteiger partial charge in [0.1, 0.15) is 0 Å². The lowest BCUT2D eigenvalue weighted by molar-refractivity contribution is 0.129. The average Bonchev–Trinajstić information content (AvgIpc) is 3.14. The minimum atomic E-state index is 0.594. The van der Waals surface area contributed by atoms with Crippen molar-refractivity contribution in [2.45, 2.75) is 51.0 Å². The maximum absolute atomic E-state index is 5.55. The van der Waals surface area contributed by atoms with Gasteiger partial charge in [-0.2, -0.15) is 0 Å². The Labute approximate surface area is 110 Å². The van der Waals surface area contributed by atoms with E-state index in [1.807, 2.05) is 0 Å². The quantitative estimate of drug-likeness (QED) is 0.564.